The van der Waals surface area contributed by atoms with Gasteiger partial charge in [0.1, 0.15) is 0 Å². The first kappa shape index (κ1) is 22.2. The van der Waals surface area contributed by atoms with Crippen LogP contribution in [0.15, 0.2) is 53.4 Å². The van der Waals surface area contributed by atoms with E-state index in [4.69, 9.17) is 4.74 Å². The average Bonchev–Trinajstić information content (AvgIpc) is 2.75. The van der Waals surface area contributed by atoms with Gasteiger partial charge in [-0.15, -0.1) is 0 Å². The molecule has 1 saturated heterocycles. The van der Waals surface area contributed by atoms with Gasteiger partial charge in [0.15, 0.2) is 11.6 Å². The third-order valence-electron chi connectivity index (χ3n) is 5.17. The highest BCUT2D eigenvalue weighted by Gasteiger charge is 2.30. The summed E-state index contributed by atoms with van der Waals surface area (Å²) in [6.45, 7) is 3.08. The van der Waals surface area contributed by atoms with Crippen molar-refractivity contribution in [2.24, 2.45) is 0 Å². The molecule has 1 N–H and O–H groups in total. The van der Waals surface area contributed by atoms with Gasteiger partial charge in [-0.1, -0.05) is 18.6 Å². The van der Waals surface area contributed by atoms with Gasteiger partial charge in [0.25, 0.3) is 5.91 Å². The average molecular weight is 435 g/mol. The van der Waals surface area contributed by atoms with Gasteiger partial charge in [0, 0.05) is 24.7 Å². The first-order valence-electron chi connectivity index (χ1n) is 10.2. The maximum atomic E-state index is 13.5. The van der Waals surface area contributed by atoms with Crippen LogP contribution in [-0.4, -0.2) is 44.4 Å². The largest absolute Gasteiger partial charge is 0.490 e. The Bertz CT molecular complexity index is 963. The van der Waals surface area contributed by atoms with Crippen LogP contribution in [0.3, 0.4) is 0 Å². The minimum absolute atomic E-state index is 0.0155. The number of piperidine rings is 1. The fourth-order valence-electron chi connectivity index (χ4n) is 3.46. The smallest absolute Gasteiger partial charge is 0.251 e. The first-order valence-corrected chi connectivity index (χ1v) is 11.6. The summed E-state index contributed by atoms with van der Waals surface area (Å²) in [6.07, 6.45) is 3.28. The SMILES string of the molecule is C[C@H]1CCCCN1S(=O)(=O)c1ccc(C(=O)NCCCOc2ccccc2F)cc1. The van der Waals surface area contributed by atoms with Crippen molar-refractivity contribution < 1.29 is 22.3 Å². The molecule has 8 heteroatoms. The fraction of sp³-hybridized carbons (Fsp3) is 0.409. The number of ether oxygens (including phenoxy) is 1. The first-order chi connectivity index (χ1) is 14.4. The Labute approximate surface area is 177 Å². The van der Waals surface area contributed by atoms with E-state index in [2.05, 4.69) is 5.32 Å². The zero-order valence-corrected chi connectivity index (χ0v) is 17.8. The van der Waals surface area contributed by atoms with E-state index >= 15 is 0 Å². The zero-order chi connectivity index (χ0) is 21.6. The Kier molecular flexibility index (Phi) is 7.44. The van der Waals surface area contributed by atoms with E-state index in [1.54, 1.807) is 22.5 Å². The van der Waals surface area contributed by atoms with Gasteiger partial charge in [-0.25, -0.2) is 12.8 Å². The van der Waals surface area contributed by atoms with Crippen LogP contribution in [0.25, 0.3) is 0 Å². The maximum absolute atomic E-state index is 13.5. The number of sulfonamides is 1. The molecule has 1 atom stereocenters. The molecule has 1 fully saturated rings. The highest BCUT2D eigenvalue weighted by Crippen LogP contribution is 2.25. The summed E-state index contributed by atoms with van der Waals surface area (Å²) in [5.41, 5.74) is 0.385. The molecule has 0 radical (unpaired) electrons. The summed E-state index contributed by atoms with van der Waals surface area (Å²) in [7, 11) is -3.55. The number of rotatable bonds is 8. The molecule has 3 rings (SSSR count). The van der Waals surface area contributed by atoms with Crippen molar-refractivity contribution in [1.82, 2.24) is 9.62 Å². The number of hydrogen-bond acceptors (Lipinski definition) is 4. The van der Waals surface area contributed by atoms with E-state index in [1.807, 2.05) is 6.92 Å². The quantitative estimate of drug-likeness (QED) is 0.645. The van der Waals surface area contributed by atoms with E-state index in [1.165, 1.54) is 30.3 Å². The number of hydrogen-bond donors (Lipinski definition) is 1. The molecule has 0 saturated carbocycles. The lowest BCUT2D eigenvalue weighted by molar-refractivity contribution is 0.0951. The Hall–Kier alpha value is -2.45. The number of halogens is 1. The van der Waals surface area contributed by atoms with Gasteiger partial charge >= 0.3 is 0 Å². The van der Waals surface area contributed by atoms with Crippen molar-refractivity contribution in [2.75, 3.05) is 19.7 Å². The second-order valence-electron chi connectivity index (χ2n) is 7.37. The molecule has 6 nitrogen and oxygen atoms in total. The second kappa shape index (κ2) is 10.0. The monoisotopic (exact) mass is 434 g/mol. The Balaban J connectivity index is 1.49. The van der Waals surface area contributed by atoms with Crippen molar-refractivity contribution in [2.45, 2.75) is 43.5 Å². The molecule has 2 aromatic carbocycles. The number of para-hydroxylation sites is 1. The normalized spacial score (nSPS) is 17.5. The molecule has 2 aromatic rings. The van der Waals surface area contributed by atoms with Crippen molar-refractivity contribution in [3.05, 3.63) is 59.9 Å². The number of nitrogens with one attached hydrogen (secondary N) is 1. The van der Waals surface area contributed by atoms with Gasteiger partial charge in [0.2, 0.25) is 10.0 Å². The minimum Gasteiger partial charge on any atom is -0.490 e. The van der Waals surface area contributed by atoms with Crippen LogP contribution in [-0.2, 0) is 10.0 Å². The van der Waals surface area contributed by atoms with Crippen LogP contribution >= 0.6 is 0 Å². The molecule has 1 heterocycles. The van der Waals surface area contributed by atoms with E-state index in [0.717, 1.165) is 19.3 Å². The lowest BCUT2D eigenvalue weighted by Crippen LogP contribution is -2.41. The van der Waals surface area contributed by atoms with Crippen LogP contribution in [0.1, 0.15) is 43.0 Å². The maximum Gasteiger partial charge on any atom is 0.251 e. The Morgan fingerprint density at radius 2 is 1.90 bits per heavy atom. The lowest BCUT2D eigenvalue weighted by atomic mass is 10.1. The molecule has 0 aliphatic carbocycles. The van der Waals surface area contributed by atoms with Gasteiger partial charge in [0.05, 0.1) is 11.5 Å². The van der Waals surface area contributed by atoms with E-state index in [0.29, 0.717) is 25.1 Å². The Morgan fingerprint density at radius 1 is 1.17 bits per heavy atom. The van der Waals surface area contributed by atoms with Crippen LogP contribution in [0.2, 0.25) is 0 Å². The van der Waals surface area contributed by atoms with Gasteiger partial charge < -0.3 is 10.1 Å². The van der Waals surface area contributed by atoms with Crippen LogP contribution in [0.5, 0.6) is 5.75 Å². The third-order valence-corrected chi connectivity index (χ3v) is 7.19. The number of carbonyl (C=O) groups excluding carboxylic acids is 1. The molecule has 0 aromatic heterocycles. The second-order valence-corrected chi connectivity index (χ2v) is 9.26. The van der Waals surface area contributed by atoms with Crippen LogP contribution < -0.4 is 10.1 Å². The van der Waals surface area contributed by atoms with Crippen molar-refractivity contribution in [1.29, 1.82) is 0 Å². The zero-order valence-electron chi connectivity index (χ0n) is 17.0. The molecule has 1 aliphatic rings. The lowest BCUT2D eigenvalue weighted by Gasteiger charge is -2.32. The Morgan fingerprint density at radius 3 is 2.60 bits per heavy atom. The summed E-state index contributed by atoms with van der Waals surface area (Å²) >= 11 is 0. The van der Waals surface area contributed by atoms with E-state index in [9.17, 15) is 17.6 Å². The minimum atomic E-state index is -3.55. The van der Waals surface area contributed by atoms with Crippen molar-refractivity contribution >= 4 is 15.9 Å². The molecule has 0 spiro atoms. The third kappa shape index (κ3) is 5.37. The van der Waals surface area contributed by atoms with Crippen LogP contribution in [0, 0.1) is 5.82 Å². The van der Waals surface area contributed by atoms with Crippen molar-refractivity contribution in [3.8, 4) is 5.75 Å². The predicted molar refractivity (Wildman–Crippen MR) is 112 cm³/mol. The van der Waals surface area contributed by atoms with E-state index < -0.39 is 15.8 Å². The molecular weight excluding hydrogens is 407 g/mol. The molecule has 1 aliphatic heterocycles. The predicted octanol–water partition coefficient (Wildman–Crippen LogP) is 3.59. The highest BCUT2D eigenvalue weighted by atomic mass is 32.2. The summed E-state index contributed by atoms with van der Waals surface area (Å²) in [4.78, 5) is 12.5. The summed E-state index contributed by atoms with van der Waals surface area (Å²) in [6, 6.07) is 12.1. The molecule has 0 unspecified atom stereocenters. The standard InChI is InChI=1S/C22H27FN2O4S/c1-17-7-4-5-15-25(17)30(27,28)19-12-10-18(11-13-19)22(26)24-14-6-16-29-21-9-3-2-8-20(21)23/h2-3,8-13,17H,4-7,14-16H2,1H3,(H,24,26)/t17-/m0/s1. The molecular formula is C22H27FN2O4S. The number of amides is 1. The summed E-state index contributed by atoms with van der Waals surface area (Å²) in [5, 5.41) is 2.76. The summed E-state index contributed by atoms with van der Waals surface area (Å²) in [5.74, 6) is -0.532. The molecule has 0 bridgehead atoms. The number of benzene rings is 2. The molecule has 30 heavy (non-hydrogen) atoms. The topological polar surface area (TPSA) is 75.7 Å². The molecule has 1 amide bonds. The van der Waals surface area contributed by atoms with Crippen molar-refractivity contribution in [3.63, 3.8) is 0 Å². The summed E-state index contributed by atoms with van der Waals surface area (Å²) < 4.78 is 46.1. The van der Waals surface area contributed by atoms with Gasteiger partial charge in [-0.2, -0.15) is 4.31 Å². The number of carbonyl (C=O) groups is 1. The fourth-order valence-corrected chi connectivity index (χ4v) is 5.16. The van der Waals surface area contributed by atoms with E-state index in [-0.39, 0.29) is 29.2 Å². The number of nitrogens with zero attached hydrogens (tertiary/aromatic N) is 1. The highest BCUT2D eigenvalue weighted by molar-refractivity contribution is 7.89. The van der Waals surface area contributed by atoms with Gasteiger partial charge in [-0.05, 0) is 62.6 Å². The molecule has 162 valence electrons. The van der Waals surface area contributed by atoms with Gasteiger partial charge in [-0.3, -0.25) is 4.79 Å². The van der Waals surface area contributed by atoms with Crippen LogP contribution in [0.4, 0.5) is 4.39 Å².